The summed E-state index contributed by atoms with van der Waals surface area (Å²) in [5, 5.41) is 31.2. The largest absolute Gasteiger partial charge is 0.392 e. The predicted molar refractivity (Wildman–Crippen MR) is 70.5 cm³/mol. The summed E-state index contributed by atoms with van der Waals surface area (Å²) in [7, 11) is 0. The van der Waals surface area contributed by atoms with Crippen LogP contribution in [-0.2, 0) is 4.74 Å². The van der Waals surface area contributed by atoms with Crippen LogP contribution in [0.15, 0.2) is 0 Å². The zero-order valence-corrected chi connectivity index (χ0v) is 12.3. The van der Waals surface area contributed by atoms with Gasteiger partial charge in [0, 0.05) is 0 Å². The molecule has 1 saturated heterocycles. The van der Waals surface area contributed by atoms with E-state index in [1.165, 1.54) is 0 Å². The van der Waals surface area contributed by atoms with Crippen LogP contribution in [0.25, 0.3) is 0 Å². The number of aliphatic hydroxyl groups is 3. The van der Waals surface area contributed by atoms with Crippen molar-refractivity contribution >= 4 is 0 Å². The first-order valence-corrected chi connectivity index (χ1v) is 7.39. The smallest absolute Gasteiger partial charge is 0.0905 e. The summed E-state index contributed by atoms with van der Waals surface area (Å²) in [4.78, 5) is 0. The van der Waals surface area contributed by atoms with Crippen LogP contribution in [0, 0.1) is 17.3 Å². The lowest BCUT2D eigenvalue weighted by atomic mass is 9.50. The molecule has 3 aliphatic rings. The van der Waals surface area contributed by atoms with Crippen LogP contribution >= 0.6 is 0 Å². The van der Waals surface area contributed by atoms with E-state index >= 15 is 0 Å². The Bertz CT molecular complexity index is 396. The minimum atomic E-state index is -0.923. The van der Waals surface area contributed by atoms with Crippen molar-refractivity contribution in [1.29, 1.82) is 0 Å². The summed E-state index contributed by atoms with van der Waals surface area (Å²) in [6.07, 6.45) is -0.273. The van der Waals surface area contributed by atoms with Gasteiger partial charge < -0.3 is 20.1 Å². The summed E-state index contributed by atoms with van der Waals surface area (Å²) < 4.78 is 6.44. The van der Waals surface area contributed by atoms with Gasteiger partial charge in [0.1, 0.15) is 0 Å². The molecule has 0 aromatic heterocycles. The Balaban J connectivity index is 2.13. The normalized spacial score (nSPS) is 59.8. The third-order valence-electron chi connectivity index (χ3n) is 6.46. The number of hydrogen-bond donors (Lipinski definition) is 3. The molecule has 2 aliphatic carbocycles. The molecule has 4 nitrogen and oxygen atoms in total. The van der Waals surface area contributed by atoms with E-state index in [9.17, 15) is 15.3 Å². The molecule has 0 unspecified atom stereocenters. The molecule has 3 N–H and O–H groups in total. The van der Waals surface area contributed by atoms with Crippen molar-refractivity contribution in [2.75, 3.05) is 0 Å². The van der Waals surface area contributed by atoms with E-state index in [1.807, 2.05) is 6.92 Å². The molecule has 3 rings (SSSR count). The fourth-order valence-electron chi connectivity index (χ4n) is 5.06. The molecular weight excluding hydrogens is 244 g/mol. The first-order valence-electron chi connectivity index (χ1n) is 7.39. The van der Waals surface area contributed by atoms with Crippen molar-refractivity contribution in [2.24, 2.45) is 17.3 Å². The van der Waals surface area contributed by atoms with E-state index in [2.05, 4.69) is 20.8 Å². The zero-order valence-electron chi connectivity index (χ0n) is 12.3. The average Bonchev–Trinajstić information content (AvgIpc) is 2.54. The van der Waals surface area contributed by atoms with Crippen molar-refractivity contribution < 1.29 is 20.1 Å². The van der Waals surface area contributed by atoms with Crippen molar-refractivity contribution in [3.63, 3.8) is 0 Å². The molecular formula is C15H26O4. The number of rotatable bonds is 0. The van der Waals surface area contributed by atoms with Crippen LogP contribution in [0.1, 0.15) is 47.0 Å². The first kappa shape index (κ1) is 13.8. The van der Waals surface area contributed by atoms with Gasteiger partial charge in [0.05, 0.1) is 34.9 Å². The number of fused-ring (bicyclic) bond motifs is 1. The van der Waals surface area contributed by atoms with Gasteiger partial charge in [0.2, 0.25) is 0 Å². The highest BCUT2D eigenvalue weighted by Gasteiger charge is 2.72. The quantitative estimate of drug-likeness (QED) is 0.616. The Morgan fingerprint density at radius 2 is 1.68 bits per heavy atom. The highest BCUT2D eigenvalue weighted by molar-refractivity contribution is 5.21. The van der Waals surface area contributed by atoms with Crippen molar-refractivity contribution in [2.45, 2.75) is 76.5 Å². The summed E-state index contributed by atoms with van der Waals surface area (Å²) in [5.74, 6) is 0.454. The Morgan fingerprint density at radius 3 is 2.32 bits per heavy atom. The second kappa shape index (κ2) is 3.73. The zero-order chi connectivity index (χ0) is 14.2. The maximum Gasteiger partial charge on any atom is 0.0905 e. The second-order valence-electron chi connectivity index (χ2n) is 7.68. The highest BCUT2D eigenvalue weighted by Crippen LogP contribution is 2.65. The maximum absolute atomic E-state index is 10.6. The van der Waals surface area contributed by atoms with E-state index in [0.717, 1.165) is 6.42 Å². The Hall–Kier alpha value is -0.160. The molecule has 1 spiro atoms. The van der Waals surface area contributed by atoms with E-state index < -0.39 is 29.3 Å². The minimum absolute atomic E-state index is 0.134. The maximum atomic E-state index is 10.6. The van der Waals surface area contributed by atoms with Gasteiger partial charge in [-0.3, -0.25) is 0 Å². The Labute approximate surface area is 114 Å². The van der Waals surface area contributed by atoms with E-state index in [0.29, 0.717) is 18.8 Å². The van der Waals surface area contributed by atoms with Crippen LogP contribution in [0.2, 0.25) is 0 Å². The number of aliphatic hydroxyl groups excluding tert-OH is 3. The lowest BCUT2D eigenvalue weighted by molar-refractivity contribution is -0.276. The summed E-state index contributed by atoms with van der Waals surface area (Å²) in [5.41, 5.74) is -1.57. The Kier molecular flexibility index (Phi) is 2.71. The first-order chi connectivity index (χ1) is 8.65. The van der Waals surface area contributed by atoms with E-state index in [1.54, 1.807) is 0 Å². The second-order valence-corrected chi connectivity index (χ2v) is 7.68. The SMILES string of the molecule is C[C@@H]1C[C@H](O)[C@H](O)[C@@]2(C)[C@@H](O)C[C@@H]3C[C@]12OC3(C)C. The van der Waals surface area contributed by atoms with Gasteiger partial charge in [-0.2, -0.15) is 0 Å². The monoisotopic (exact) mass is 270 g/mol. The van der Waals surface area contributed by atoms with Crippen LogP contribution in [0.5, 0.6) is 0 Å². The van der Waals surface area contributed by atoms with Gasteiger partial charge in [-0.05, 0) is 44.9 Å². The van der Waals surface area contributed by atoms with Gasteiger partial charge in [-0.25, -0.2) is 0 Å². The van der Waals surface area contributed by atoms with Gasteiger partial charge in [0.15, 0.2) is 0 Å². The molecule has 1 aliphatic heterocycles. The molecule has 0 aromatic carbocycles. The van der Waals surface area contributed by atoms with Gasteiger partial charge in [0.25, 0.3) is 0 Å². The third-order valence-corrected chi connectivity index (χ3v) is 6.46. The lowest BCUT2D eigenvalue weighted by Gasteiger charge is -2.60. The standard InChI is InChI=1S/C15H26O4/c1-8-5-10(16)12(18)14(4)11(17)6-9-7-15(8,14)19-13(9,2)3/h8-12,16-18H,5-7H2,1-4H3/t8-,9-,10+,11+,12+,14-,15+/m1/s1. The third kappa shape index (κ3) is 1.44. The molecule has 4 heteroatoms. The molecule has 0 radical (unpaired) electrons. The molecule has 0 aromatic rings. The topological polar surface area (TPSA) is 69.9 Å². The van der Waals surface area contributed by atoms with Crippen LogP contribution in [0.4, 0.5) is 0 Å². The molecule has 19 heavy (non-hydrogen) atoms. The predicted octanol–water partition coefficient (Wildman–Crippen LogP) is 1.07. The van der Waals surface area contributed by atoms with Gasteiger partial charge >= 0.3 is 0 Å². The Morgan fingerprint density at radius 1 is 1.05 bits per heavy atom. The summed E-state index contributed by atoms with van der Waals surface area (Å²) >= 11 is 0. The highest BCUT2D eigenvalue weighted by atomic mass is 16.5. The molecule has 3 fully saturated rings. The van der Waals surface area contributed by atoms with Crippen LogP contribution < -0.4 is 0 Å². The molecule has 1 heterocycles. The van der Waals surface area contributed by atoms with Gasteiger partial charge in [-0.15, -0.1) is 0 Å². The van der Waals surface area contributed by atoms with Crippen molar-refractivity contribution in [1.82, 2.24) is 0 Å². The van der Waals surface area contributed by atoms with Gasteiger partial charge in [-0.1, -0.05) is 13.8 Å². The van der Waals surface area contributed by atoms with Crippen LogP contribution in [-0.4, -0.2) is 44.8 Å². The summed E-state index contributed by atoms with van der Waals surface area (Å²) in [6, 6.07) is 0. The number of hydrogen-bond acceptors (Lipinski definition) is 4. The van der Waals surface area contributed by atoms with E-state index in [4.69, 9.17) is 4.74 Å². The fraction of sp³-hybridized carbons (Fsp3) is 1.00. The van der Waals surface area contributed by atoms with Crippen molar-refractivity contribution in [3.05, 3.63) is 0 Å². The molecule has 0 amide bonds. The van der Waals surface area contributed by atoms with Crippen molar-refractivity contribution in [3.8, 4) is 0 Å². The molecule has 110 valence electrons. The number of ether oxygens (including phenoxy) is 1. The minimum Gasteiger partial charge on any atom is -0.392 e. The van der Waals surface area contributed by atoms with E-state index in [-0.39, 0.29) is 11.5 Å². The van der Waals surface area contributed by atoms with Crippen LogP contribution in [0.3, 0.4) is 0 Å². The lowest BCUT2D eigenvalue weighted by Crippen LogP contribution is -2.69. The molecule has 2 saturated carbocycles. The molecule has 2 bridgehead atoms. The average molecular weight is 270 g/mol. The fourth-order valence-corrected chi connectivity index (χ4v) is 5.06. The molecule has 7 atom stereocenters. The summed E-state index contributed by atoms with van der Waals surface area (Å²) in [6.45, 7) is 8.12.